The highest BCUT2D eigenvalue weighted by molar-refractivity contribution is 7.15. The maximum Gasteiger partial charge on any atom is 0.123 e. The fourth-order valence-corrected chi connectivity index (χ4v) is 3.64. The molecule has 2 saturated carbocycles. The minimum absolute atomic E-state index is 0.711. The molecule has 0 bridgehead atoms. The van der Waals surface area contributed by atoms with Crippen molar-refractivity contribution in [2.24, 2.45) is 0 Å². The van der Waals surface area contributed by atoms with Crippen LogP contribution in [0.4, 0.5) is 0 Å². The fourth-order valence-electron chi connectivity index (χ4n) is 2.41. The van der Waals surface area contributed by atoms with Crippen molar-refractivity contribution >= 4 is 22.9 Å². The normalized spacial score (nSPS) is 18.4. The molecule has 1 N–H and O–H groups in total. The van der Waals surface area contributed by atoms with E-state index in [4.69, 9.17) is 16.6 Å². The molecule has 2 aliphatic rings. The van der Waals surface area contributed by atoms with Crippen LogP contribution < -0.4 is 5.32 Å². The third kappa shape index (κ3) is 2.76. The summed E-state index contributed by atoms with van der Waals surface area (Å²) in [5.74, 6) is 0.711. The molecule has 0 radical (unpaired) electrons. The Morgan fingerprint density at radius 2 is 1.90 bits per heavy atom. The summed E-state index contributed by atoms with van der Waals surface area (Å²) in [6.07, 6.45) is 5.28. The number of nitrogens with one attached hydrogen (secondary N) is 1. The summed E-state index contributed by atoms with van der Waals surface area (Å²) in [7, 11) is 0. The van der Waals surface area contributed by atoms with Crippen LogP contribution in [0.1, 0.15) is 42.2 Å². The molecule has 4 rings (SSSR count). The standard InChI is InChI=1S/C16H17ClN2S/c17-12-5-3-11(4-6-12)16-19-15(10-1-2-10)14(20-16)9-18-13-7-8-13/h3-6,10,13,18H,1-2,7-9H2. The largest absolute Gasteiger partial charge is 0.309 e. The molecule has 0 saturated heterocycles. The summed E-state index contributed by atoms with van der Waals surface area (Å²) in [6.45, 7) is 0.988. The highest BCUT2D eigenvalue weighted by atomic mass is 35.5. The average molecular weight is 305 g/mol. The number of aromatic nitrogens is 1. The third-order valence-corrected chi connectivity index (χ3v) is 5.28. The molecular formula is C16H17ClN2S. The smallest absolute Gasteiger partial charge is 0.123 e. The summed E-state index contributed by atoms with van der Waals surface area (Å²) in [4.78, 5) is 6.34. The highest BCUT2D eigenvalue weighted by Crippen LogP contribution is 2.44. The van der Waals surface area contributed by atoms with E-state index in [2.05, 4.69) is 17.4 Å². The molecular weight excluding hydrogens is 288 g/mol. The first kappa shape index (κ1) is 12.8. The number of rotatable bonds is 5. The number of hydrogen-bond donors (Lipinski definition) is 1. The van der Waals surface area contributed by atoms with Gasteiger partial charge in [0.2, 0.25) is 0 Å². The number of halogens is 1. The van der Waals surface area contributed by atoms with Crippen LogP contribution in [-0.2, 0) is 6.54 Å². The summed E-state index contributed by atoms with van der Waals surface area (Å²) < 4.78 is 0. The van der Waals surface area contributed by atoms with Gasteiger partial charge in [0.1, 0.15) is 5.01 Å². The van der Waals surface area contributed by atoms with E-state index in [1.165, 1.54) is 41.8 Å². The Kier molecular flexibility index (Phi) is 3.29. The molecule has 0 amide bonds. The highest BCUT2D eigenvalue weighted by Gasteiger charge is 2.30. The molecule has 20 heavy (non-hydrogen) atoms. The van der Waals surface area contributed by atoms with E-state index in [9.17, 15) is 0 Å². The summed E-state index contributed by atoms with van der Waals surface area (Å²) >= 11 is 7.80. The number of hydrogen-bond acceptors (Lipinski definition) is 3. The topological polar surface area (TPSA) is 24.9 Å². The molecule has 104 valence electrons. The number of benzene rings is 1. The van der Waals surface area contributed by atoms with Gasteiger partial charge in [-0.3, -0.25) is 0 Å². The van der Waals surface area contributed by atoms with Gasteiger partial charge in [-0.05, 0) is 37.8 Å². The Morgan fingerprint density at radius 1 is 1.15 bits per heavy atom. The molecule has 4 heteroatoms. The lowest BCUT2D eigenvalue weighted by molar-refractivity contribution is 0.688. The number of thiazole rings is 1. The van der Waals surface area contributed by atoms with E-state index in [0.717, 1.165) is 22.6 Å². The van der Waals surface area contributed by atoms with Crippen LogP contribution in [0.3, 0.4) is 0 Å². The maximum atomic E-state index is 5.96. The summed E-state index contributed by atoms with van der Waals surface area (Å²) in [6, 6.07) is 8.77. The van der Waals surface area contributed by atoms with Crippen LogP contribution in [0, 0.1) is 0 Å². The second-order valence-corrected chi connectivity index (χ2v) is 7.28. The van der Waals surface area contributed by atoms with Crippen molar-refractivity contribution in [1.82, 2.24) is 10.3 Å². The number of nitrogens with zero attached hydrogens (tertiary/aromatic N) is 1. The van der Waals surface area contributed by atoms with E-state index >= 15 is 0 Å². The van der Waals surface area contributed by atoms with Crippen LogP contribution in [-0.4, -0.2) is 11.0 Å². The quantitative estimate of drug-likeness (QED) is 0.873. The maximum absolute atomic E-state index is 5.96. The molecule has 0 unspecified atom stereocenters. The van der Waals surface area contributed by atoms with Crippen LogP contribution in [0.25, 0.3) is 10.6 Å². The van der Waals surface area contributed by atoms with Crippen molar-refractivity contribution in [3.8, 4) is 10.6 Å². The minimum atomic E-state index is 0.711. The van der Waals surface area contributed by atoms with Crippen molar-refractivity contribution in [1.29, 1.82) is 0 Å². The Labute approximate surface area is 128 Å². The lowest BCUT2D eigenvalue weighted by atomic mass is 10.2. The van der Waals surface area contributed by atoms with Crippen LogP contribution in [0.15, 0.2) is 24.3 Å². The molecule has 2 aliphatic carbocycles. The zero-order chi connectivity index (χ0) is 13.5. The van der Waals surface area contributed by atoms with Crippen molar-refractivity contribution in [2.75, 3.05) is 0 Å². The molecule has 1 aromatic heterocycles. The van der Waals surface area contributed by atoms with Crippen molar-refractivity contribution in [3.63, 3.8) is 0 Å². The first-order chi connectivity index (χ1) is 9.79. The third-order valence-electron chi connectivity index (χ3n) is 3.91. The summed E-state index contributed by atoms with van der Waals surface area (Å²) in [5.41, 5.74) is 2.52. The molecule has 2 fully saturated rings. The van der Waals surface area contributed by atoms with Crippen molar-refractivity contribution < 1.29 is 0 Å². The average Bonchev–Trinajstić information content (AvgIpc) is 3.37. The Balaban J connectivity index is 1.62. The van der Waals surface area contributed by atoms with Crippen LogP contribution >= 0.6 is 22.9 Å². The van der Waals surface area contributed by atoms with E-state index in [-0.39, 0.29) is 0 Å². The Bertz CT molecular complexity index is 612. The van der Waals surface area contributed by atoms with Gasteiger partial charge >= 0.3 is 0 Å². The fraction of sp³-hybridized carbons (Fsp3) is 0.438. The Hall–Kier alpha value is -0.900. The zero-order valence-corrected chi connectivity index (χ0v) is 12.8. The second kappa shape index (κ2) is 5.14. The molecule has 1 heterocycles. The van der Waals surface area contributed by atoms with E-state index in [1.54, 1.807) is 0 Å². The molecule has 0 spiro atoms. The molecule has 0 atom stereocenters. The second-order valence-electron chi connectivity index (χ2n) is 5.76. The first-order valence-electron chi connectivity index (χ1n) is 7.28. The zero-order valence-electron chi connectivity index (χ0n) is 11.2. The Morgan fingerprint density at radius 3 is 2.55 bits per heavy atom. The van der Waals surface area contributed by atoms with Gasteiger partial charge in [-0.2, -0.15) is 0 Å². The van der Waals surface area contributed by atoms with Gasteiger partial charge in [0.05, 0.1) is 5.69 Å². The first-order valence-corrected chi connectivity index (χ1v) is 8.48. The lowest BCUT2D eigenvalue weighted by Gasteiger charge is -2.01. The van der Waals surface area contributed by atoms with Crippen molar-refractivity contribution in [2.45, 2.75) is 44.2 Å². The lowest BCUT2D eigenvalue weighted by Crippen LogP contribution is -2.15. The summed E-state index contributed by atoms with van der Waals surface area (Å²) in [5, 5.41) is 5.54. The van der Waals surface area contributed by atoms with Gasteiger partial charge < -0.3 is 5.32 Å². The van der Waals surface area contributed by atoms with Gasteiger partial charge in [0.15, 0.2) is 0 Å². The molecule has 2 aromatic rings. The SMILES string of the molecule is Clc1ccc(-c2nc(C3CC3)c(CNC3CC3)s2)cc1. The molecule has 1 aromatic carbocycles. The monoisotopic (exact) mass is 304 g/mol. The van der Waals surface area contributed by atoms with E-state index in [1.807, 2.05) is 23.5 Å². The van der Waals surface area contributed by atoms with Gasteiger partial charge in [-0.25, -0.2) is 4.98 Å². The van der Waals surface area contributed by atoms with Gasteiger partial charge in [0.25, 0.3) is 0 Å². The van der Waals surface area contributed by atoms with E-state index < -0.39 is 0 Å². The van der Waals surface area contributed by atoms with Gasteiger partial charge in [-0.1, -0.05) is 23.7 Å². The molecule has 0 aliphatic heterocycles. The van der Waals surface area contributed by atoms with E-state index in [0.29, 0.717) is 5.92 Å². The van der Waals surface area contributed by atoms with Gasteiger partial charge in [-0.15, -0.1) is 11.3 Å². The van der Waals surface area contributed by atoms with Crippen LogP contribution in [0.5, 0.6) is 0 Å². The molecule has 2 nitrogen and oxygen atoms in total. The predicted molar refractivity (Wildman–Crippen MR) is 84.4 cm³/mol. The van der Waals surface area contributed by atoms with Crippen molar-refractivity contribution in [3.05, 3.63) is 39.9 Å². The van der Waals surface area contributed by atoms with Gasteiger partial charge in [0, 0.05) is 34.0 Å². The predicted octanol–water partition coefficient (Wildman–Crippen LogP) is 4.59. The minimum Gasteiger partial charge on any atom is -0.309 e. The van der Waals surface area contributed by atoms with Crippen LogP contribution in [0.2, 0.25) is 5.02 Å².